The highest BCUT2D eigenvalue weighted by Gasteiger charge is 2.11. The van der Waals surface area contributed by atoms with Crippen molar-refractivity contribution in [2.75, 3.05) is 26.3 Å². The van der Waals surface area contributed by atoms with Crippen molar-refractivity contribution in [1.82, 2.24) is 5.32 Å². The van der Waals surface area contributed by atoms with Crippen LogP contribution >= 0.6 is 0 Å². The number of rotatable bonds is 6. The Morgan fingerprint density at radius 3 is 2.90 bits per heavy atom. The molecular weight excluding hydrogens is 258 g/mol. The smallest absolute Gasteiger partial charge is 0.161 e. The molecule has 110 valence electrons. The molecule has 1 aromatic rings. The second-order valence-corrected chi connectivity index (χ2v) is 4.86. The summed E-state index contributed by atoms with van der Waals surface area (Å²) in [6.07, 6.45) is 0.888. The topological polar surface area (TPSA) is 89.1 Å². The third kappa shape index (κ3) is 3.77. The first-order chi connectivity index (χ1) is 9.70. The normalized spacial score (nSPS) is 15.9. The lowest BCUT2D eigenvalue weighted by Gasteiger charge is -2.19. The average molecular weight is 279 g/mol. The molecule has 0 amide bonds. The number of benzene rings is 1. The standard InChI is InChI=1S/C14H21N3O3/c1-10(14(15)17-18)9-16-5-4-11-2-3-12-13(8-11)20-7-6-19-12/h2-3,8,10,16,18H,4-7,9H2,1H3,(H2,15,17). The van der Waals surface area contributed by atoms with Gasteiger partial charge < -0.3 is 25.7 Å². The molecule has 0 saturated heterocycles. The minimum absolute atomic E-state index is 0.0141. The van der Waals surface area contributed by atoms with Gasteiger partial charge in [-0.2, -0.15) is 0 Å². The van der Waals surface area contributed by atoms with Crippen LogP contribution in [0.4, 0.5) is 0 Å². The van der Waals surface area contributed by atoms with Crippen LogP contribution in [0.15, 0.2) is 23.4 Å². The quantitative estimate of drug-likeness (QED) is 0.237. The lowest BCUT2D eigenvalue weighted by Crippen LogP contribution is -2.32. The van der Waals surface area contributed by atoms with Crippen molar-refractivity contribution in [1.29, 1.82) is 0 Å². The van der Waals surface area contributed by atoms with Gasteiger partial charge in [0.25, 0.3) is 0 Å². The molecule has 20 heavy (non-hydrogen) atoms. The number of hydrogen-bond donors (Lipinski definition) is 3. The largest absolute Gasteiger partial charge is 0.486 e. The highest BCUT2D eigenvalue weighted by Crippen LogP contribution is 2.30. The summed E-state index contributed by atoms with van der Waals surface area (Å²) in [5.74, 6) is 1.89. The van der Waals surface area contributed by atoms with Crippen molar-refractivity contribution in [3.8, 4) is 11.5 Å². The van der Waals surface area contributed by atoms with Gasteiger partial charge in [0.2, 0.25) is 0 Å². The Hall–Kier alpha value is -1.95. The highest BCUT2D eigenvalue weighted by atomic mass is 16.6. The molecule has 0 aromatic heterocycles. The summed E-state index contributed by atoms with van der Waals surface area (Å²) in [6, 6.07) is 6.01. The lowest BCUT2D eigenvalue weighted by atomic mass is 10.1. The summed E-state index contributed by atoms with van der Waals surface area (Å²) in [6.45, 7) is 4.63. The van der Waals surface area contributed by atoms with Gasteiger partial charge in [0.15, 0.2) is 11.5 Å². The van der Waals surface area contributed by atoms with Crippen LogP contribution in [0.1, 0.15) is 12.5 Å². The van der Waals surface area contributed by atoms with E-state index in [1.807, 2.05) is 25.1 Å². The molecule has 0 aliphatic carbocycles. The van der Waals surface area contributed by atoms with Crippen molar-refractivity contribution < 1.29 is 14.7 Å². The van der Waals surface area contributed by atoms with Crippen LogP contribution in [0.3, 0.4) is 0 Å². The Morgan fingerprint density at radius 1 is 1.40 bits per heavy atom. The maximum Gasteiger partial charge on any atom is 0.161 e. The Kier molecular flexibility index (Phi) is 5.06. The van der Waals surface area contributed by atoms with Crippen LogP contribution in [0.5, 0.6) is 11.5 Å². The molecule has 4 N–H and O–H groups in total. The molecule has 6 heteroatoms. The van der Waals surface area contributed by atoms with Gasteiger partial charge in [-0.1, -0.05) is 18.1 Å². The number of oxime groups is 1. The minimum atomic E-state index is 0.0141. The third-order valence-corrected chi connectivity index (χ3v) is 3.27. The Labute approximate surface area is 118 Å². The van der Waals surface area contributed by atoms with Crippen molar-refractivity contribution in [2.24, 2.45) is 16.8 Å². The molecule has 1 aliphatic rings. The van der Waals surface area contributed by atoms with Gasteiger partial charge in [0.05, 0.1) is 0 Å². The number of fused-ring (bicyclic) bond motifs is 1. The zero-order valence-corrected chi connectivity index (χ0v) is 11.6. The Bertz CT molecular complexity index is 477. The fourth-order valence-corrected chi connectivity index (χ4v) is 2.00. The zero-order valence-electron chi connectivity index (χ0n) is 11.6. The van der Waals surface area contributed by atoms with E-state index in [0.717, 1.165) is 24.5 Å². The monoisotopic (exact) mass is 279 g/mol. The van der Waals surface area contributed by atoms with Gasteiger partial charge in [-0.3, -0.25) is 0 Å². The van der Waals surface area contributed by atoms with Gasteiger partial charge in [-0.25, -0.2) is 0 Å². The van der Waals surface area contributed by atoms with E-state index in [0.29, 0.717) is 19.8 Å². The Balaban J connectivity index is 1.77. The number of ether oxygens (including phenoxy) is 2. The van der Waals surface area contributed by atoms with E-state index < -0.39 is 0 Å². The van der Waals surface area contributed by atoms with Gasteiger partial charge >= 0.3 is 0 Å². The minimum Gasteiger partial charge on any atom is -0.486 e. The van der Waals surface area contributed by atoms with Crippen molar-refractivity contribution in [2.45, 2.75) is 13.3 Å². The SMILES string of the molecule is CC(CNCCc1ccc2c(c1)OCCO2)C(N)=NO. The van der Waals surface area contributed by atoms with Crippen LogP contribution in [-0.2, 0) is 6.42 Å². The molecule has 1 unspecified atom stereocenters. The van der Waals surface area contributed by atoms with Gasteiger partial charge in [-0.05, 0) is 30.7 Å². The molecule has 0 spiro atoms. The molecular formula is C14H21N3O3. The summed E-state index contributed by atoms with van der Waals surface area (Å²) in [7, 11) is 0. The van der Waals surface area contributed by atoms with E-state index in [2.05, 4.69) is 10.5 Å². The summed E-state index contributed by atoms with van der Waals surface area (Å²) in [5, 5.41) is 14.8. The van der Waals surface area contributed by atoms with Crippen LogP contribution in [-0.4, -0.2) is 37.3 Å². The van der Waals surface area contributed by atoms with Crippen LogP contribution in [0, 0.1) is 5.92 Å². The summed E-state index contributed by atoms with van der Waals surface area (Å²) >= 11 is 0. The molecule has 1 heterocycles. The van der Waals surface area contributed by atoms with Crippen LogP contribution in [0.25, 0.3) is 0 Å². The predicted octanol–water partition coefficient (Wildman–Crippen LogP) is 0.972. The molecule has 1 aromatic carbocycles. The fourth-order valence-electron chi connectivity index (χ4n) is 2.00. The molecule has 1 aliphatic heterocycles. The maximum absolute atomic E-state index is 8.56. The molecule has 0 bridgehead atoms. The number of nitrogens with zero attached hydrogens (tertiary/aromatic N) is 1. The molecule has 2 rings (SSSR count). The summed E-state index contributed by atoms with van der Waals surface area (Å²) < 4.78 is 11.0. The second kappa shape index (κ2) is 7.00. The van der Waals surface area contributed by atoms with Crippen molar-refractivity contribution in [3.63, 3.8) is 0 Å². The molecule has 0 saturated carbocycles. The molecule has 1 atom stereocenters. The first kappa shape index (κ1) is 14.5. The number of hydrogen-bond acceptors (Lipinski definition) is 5. The highest BCUT2D eigenvalue weighted by molar-refractivity contribution is 5.82. The maximum atomic E-state index is 8.56. The summed E-state index contributed by atoms with van der Waals surface area (Å²) in [5.41, 5.74) is 6.71. The zero-order chi connectivity index (χ0) is 14.4. The first-order valence-electron chi connectivity index (χ1n) is 6.77. The van der Waals surface area contributed by atoms with Crippen LogP contribution < -0.4 is 20.5 Å². The fraction of sp³-hybridized carbons (Fsp3) is 0.500. The molecule has 0 fully saturated rings. The van der Waals surface area contributed by atoms with E-state index in [-0.39, 0.29) is 11.8 Å². The van der Waals surface area contributed by atoms with Gasteiger partial charge in [0.1, 0.15) is 19.0 Å². The van der Waals surface area contributed by atoms with Gasteiger partial charge in [0, 0.05) is 12.5 Å². The van der Waals surface area contributed by atoms with Gasteiger partial charge in [-0.15, -0.1) is 0 Å². The molecule has 6 nitrogen and oxygen atoms in total. The summed E-state index contributed by atoms with van der Waals surface area (Å²) in [4.78, 5) is 0. The number of amidine groups is 1. The third-order valence-electron chi connectivity index (χ3n) is 3.27. The first-order valence-corrected chi connectivity index (χ1v) is 6.77. The average Bonchev–Trinajstić information content (AvgIpc) is 2.50. The van der Waals surface area contributed by atoms with E-state index in [4.69, 9.17) is 20.4 Å². The molecule has 0 radical (unpaired) electrons. The number of nitrogens with one attached hydrogen (secondary N) is 1. The lowest BCUT2D eigenvalue weighted by molar-refractivity contribution is 0.171. The van der Waals surface area contributed by atoms with E-state index in [9.17, 15) is 0 Å². The van der Waals surface area contributed by atoms with Crippen molar-refractivity contribution in [3.05, 3.63) is 23.8 Å². The number of nitrogens with two attached hydrogens (primary N) is 1. The van der Waals surface area contributed by atoms with E-state index in [1.54, 1.807) is 0 Å². The van der Waals surface area contributed by atoms with E-state index >= 15 is 0 Å². The van der Waals surface area contributed by atoms with Crippen molar-refractivity contribution >= 4 is 5.84 Å². The predicted molar refractivity (Wildman–Crippen MR) is 76.6 cm³/mol. The van der Waals surface area contributed by atoms with Crippen LogP contribution in [0.2, 0.25) is 0 Å². The second-order valence-electron chi connectivity index (χ2n) is 4.86. The van der Waals surface area contributed by atoms with E-state index in [1.165, 1.54) is 5.56 Å². The Morgan fingerprint density at radius 2 is 2.15 bits per heavy atom.